The Kier molecular flexibility index (Phi) is 1.14. The number of hydrogen-bond acceptors (Lipinski definition) is 0. The van der Waals surface area contributed by atoms with Crippen LogP contribution in [0.2, 0.25) is 0 Å². The summed E-state index contributed by atoms with van der Waals surface area (Å²) in [5.41, 5.74) is 0. The van der Waals surface area contributed by atoms with Gasteiger partial charge in [-0.15, -0.1) is 0 Å². The van der Waals surface area contributed by atoms with Crippen LogP contribution >= 0.6 is 0 Å². The van der Waals surface area contributed by atoms with Gasteiger partial charge in [0.25, 0.3) is 10.4 Å². The Morgan fingerprint density at radius 3 is 1.20 bits per heavy atom. The summed E-state index contributed by atoms with van der Waals surface area (Å²) in [4.78, 5) is 0. The lowest BCUT2D eigenvalue weighted by molar-refractivity contribution is -0.749. The van der Waals surface area contributed by atoms with Gasteiger partial charge in [0, 0.05) is 0 Å². The summed E-state index contributed by atoms with van der Waals surface area (Å²) >= 11 is 0. The molecule has 1 radical (unpaired) electrons. The van der Waals surface area contributed by atoms with Crippen LogP contribution in [0.1, 0.15) is 0 Å². The maximum Gasteiger partial charge on any atom is 0.299 e. The van der Waals surface area contributed by atoms with E-state index in [0.29, 0.717) is 0 Å². The zero-order valence-corrected chi connectivity index (χ0v) is 5.57. The van der Waals surface area contributed by atoms with Crippen molar-refractivity contribution in [3.8, 4) is 0 Å². The fourth-order valence-electron chi connectivity index (χ4n) is 0. The Labute approximate surface area is 36.7 Å². The lowest BCUT2D eigenvalue weighted by Crippen LogP contribution is -2.29. The molecule has 31 valence electrons. The van der Waals surface area contributed by atoms with E-state index in [4.69, 9.17) is 0 Å². The summed E-state index contributed by atoms with van der Waals surface area (Å²) in [5.74, 6) is 0. The second-order valence-electron chi connectivity index (χ2n) is 2.29. The first-order valence-electron chi connectivity index (χ1n) is 1.66. The molecule has 0 saturated carbocycles. The largest absolute Gasteiger partial charge is 0.394 e. The molecule has 0 aliphatic heterocycles. The summed E-state index contributed by atoms with van der Waals surface area (Å²) in [5, 5.41) is 0. The molecule has 5 heavy (non-hydrogen) atoms. The fourth-order valence-corrected chi connectivity index (χ4v) is 0. The van der Waals surface area contributed by atoms with Gasteiger partial charge in [-0.2, -0.15) is 0 Å². The Morgan fingerprint density at radius 1 is 1.20 bits per heavy atom. The van der Waals surface area contributed by atoms with Gasteiger partial charge in [0.1, 0.15) is 0 Å². The molecule has 2 heteroatoms. The molecule has 1 nitrogen and oxygen atoms in total. The van der Waals surface area contributed by atoms with Crippen molar-refractivity contribution in [2.75, 3.05) is 21.1 Å². The first-order chi connectivity index (χ1) is 2.00. The van der Waals surface area contributed by atoms with Crippen LogP contribution in [-0.2, 0) is 0 Å². The van der Waals surface area contributed by atoms with E-state index < -0.39 is 0 Å². The van der Waals surface area contributed by atoms with Crippen molar-refractivity contribution in [3.05, 3.63) is 0 Å². The van der Waals surface area contributed by atoms with Gasteiger partial charge in [-0.05, 0) is 0 Å². The maximum absolute atomic E-state index is 2.14. The van der Waals surface area contributed by atoms with Crippen LogP contribution in [0.25, 0.3) is 0 Å². The molecule has 0 atom stereocenters. The third-order valence-electron chi connectivity index (χ3n) is 0. The highest BCUT2D eigenvalue weighted by atomic mass is 28.2. The molecule has 0 aromatic heterocycles. The van der Waals surface area contributed by atoms with Gasteiger partial charge in [0.05, 0.1) is 21.1 Å². The molecule has 0 bridgehead atoms. The van der Waals surface area contributed by atoms with Gasteiger partial charge < -0.3 is 4.15 Å². The van der Waals surface area contributed by atoms with Gasteiger partial charge in [0.15, 0.2) is 0 Å². The van der Waals surface area contributed by atoms with Crippen LogP contribution in [0.5, 0.6) is 0 Å². The molecule has 0 N–H and O–H groups in total. The van der Waals surface area contributed by atoms with Crippen LogP contribution in [0.3, 0.4) is 0 Å². The molecule has 0 aliphatic rings. The minimum Gasteiger partial charge on any atom is -0.394 e. The molecule has 0 aromatic rings. The molecule has 0 unspecified atom stereocenters. The van der Waals surface area contributed by atoms with Crippen LogP contribution in [-0.4, -0.2) is 35.7 Å². The van der Waals surface area contributed by atoms with E-state index in [0.717, 1.165) is 4.15 Å². The van der Waals surface area contributed by atoms with Gasteiger partial charge in [0.2, 0.25) is 0 Å². The lowest BCUT2D eigenvalue weighted by Gasteiger charge is -2.16. The van der Waals surface area contributed by atoms with Crippen LogP contribution in [0.4, 0.5) is 0 Å². The van der Waals surface area contributed by atoms with Gasteiger partial charge in [-0.25, -0.2) is 0 Å². The Morgan fingerprint density at radius 2 is 1.20 bits per heavy atom. The van der Waals surface area contributed by atoms with E-state index in [1.165, 1.54) is 0 Å². The average Bonchev–Trinajstić information content (AvgIpc) is 0.722. The van der Waals surface area contributed by atoms with Crippen molar-refractivity contribution in [1.29, 1.82) is 0 Å². The summed E-state index contributed by atoms with van der Waals surface area (Å²) in [6.45, 7) is 0. The predicted molar refractivity (Wildman–Crippen MR) is 26.6 cm³/mol. The molecule has 0 spiro atoms. The van der Waals surface area contributed by atoms with Crippen molar-refractivity contribution >= 4 is 10.4 Å². The van der Waals surface area contributed by atoms with E-state index >= 15 is 0 Å². The first kappa shape index (κ1) is 5.18. The standard InChI is InChI=1S/C3H11NSi/c1-4(2,3)5/h5H2,1-3H3/q+1. The van der Waals surface area contributed by atoms with Gasteiger partial charge in [-0.1, -0.05) is 0 Å². The van der Waals surface area contributed by atoms with E-state index in [9.17, 15) is 0 Å². The molecule has 0 rings (SSSR count). The average molecular weight is 89.2 g/mol. The van der Waals surface area contributed by atoms with E-state index in [1.54, 1.807) is 0 Å². The number of nitrogens with zero attached hydrogens (tertiary/aromatic N) is 1. The highest BCUT2D eigenvalue weighted by Gasteiger charge is 1.88. The summed E-state index contributed by atoms with van der Waals surface area (Å²) in [7, 11) is 8.36. The quantitative estimate of drug-likeness (QED) is 0.342. The van der Waals surface area contributed by atoms with Crippen LogP contribution < -0.4 is 0 Å². The molecule has 0 amide bonds. The van der Waals surface area contributed by atoms with Crippen molar-refractivity contribution in [1.82, 2.24) is 0 Å². The number of rotatable bonds is 0. The first-order valence-corrected chi connectivity index (χ1v) is 2.29. The molecule has 0 aromatic carbocycles. The van der Waals surface area contributed by atoms with Crippen molar-refractivity contribution in [2.24, 2.45) is 0 Å². The summed E-state index contributed by atoms with van der Waals surface area (Å²) in [6.07, 6.45) is 0. The zero-order valence-electron chi connectivity index (χ0n) is 4.15. The van der Waals surface area contributed by atoms with Gasteiger partial charge >= 0.3 is 0 Å². The monoisotopic (exact) mass is 89.1 g/mol. The Bertz CT molecular complexity index is 22.4. The van der Waals surface area contributed by atoms with E-state index in [1.807, 2.05) is 10.4 Å². The Balaban J connectivity index is 3.02. The predicted octanol–water partition coefficient (Wildman–Crippen LogP) is -0.759. The van der Waals surface area contributed by atoms with Crippen molar-refractivity contribution in [3.63, 3.8) is 0 Å². The third kappa shape index (κ3) is 633. The molecule has 0 saturated heterocycles. The van der Waals surface area contributed by atoms with Gasteiger partial charge in [-0.3, -0.25) is 0 Å². The topological polar surface area (TPSA) is 0 Å². The normalized spacial score (nSPS) is 12.0. The lowest BCUT2D eigenvalue weighted by atomic mass is 11.0. The molecule has 0 aliphatic carbocycles. The molecule has 0 fully saturated rings. The van der Waals surface area contributed by atoms with Crippen molar-refractivity contribution < 1.29 is 4.15 Å². The zero-order chi connectivity index (χ0) is 4.50. The van der Waals surface area contributed by atoms with Crippen LogP contribution in [0.15, 0.2) is 0 Å². The Hall–Kier alpha value is 0.177. The molecular weight excluding hydrogens is 78.1 g/mol. The van der Waals surface area contributed by atoms with Crippen molar-refractivity contribution in [2.45, 2.75) is 0 Å². The maximum atomic E-state index is 2.14. The molecule has 0 heterocycles. The molecular formula is C3H11NSi+. The minimum absolute atomic E-state index is 1.03. The number of quaternary nitrogens is 1. The second-order valence-corrected chi connectivity index (χ2v) is 4.19. The number of hydrogen-bond donors (Lipinski definition) is 0. The minimum atomic E-state index is 1.03. The summed E-state index contributed by atoms with van der Waals surface area (Å²) in [6, 6.07) is 0. The SMILES string of the molecule is C[N+](C)(C)[SiH2]. The van der Waals surface area contributed by atoms with E-state index in [-0.39, 0.29) is 0 Å². The van der Waals surface area contributed by atoms with Crippen LogP contribution in [0, 0.1) is 0 Å². The smallest absolute Gasteiger partial charge is 0.299 e. The highest BCUT2D eigenvalue weighted by molar-refractivity contribution is 5.96. The second kappa shape index (κ2) is 1.10. The fraction of sp³-hybridized carbons (Fsp3) is 1.00. The highest BCUT2D eigenvalue weighted by Crippen LogP contribution is 1.71. The van der Waals surface area contributed by atoms with E-state index in [2.05, 4.69) is 21.1 Å². The summed E-state index contributed by atoms with van der Waals surface area (Å²) < 4.78 is 1.03. The third-order valence-corrected chi connectivity index (χ3v) is 0.